The van der Waals surface area contributed by atoms with Crippen molar-refractivity contribution in [2.24, 2.45) is 10.7 Å². The number of aliphatic imine (C=N–C) groups is 1. The van der Waals surface area contributed by atoms with E-state index in [2.05, 4.69) is 25.3 Å². The van der Waals surface area contributed by atoms with Crippen molar-refractivity contribution >= 4 is 28.5 Å². The summed E-state index contributed by atoms with van der Waals surface area (Å²) in [7, 11) is 0. The van der Waals surface area contributed by atoms with Crippen LogP contribution in [-0.4, -0.2) is 39.9 Å². The van der Waals surface area contributed by atoms with E-state index in [9.17, 15) is 9.18 Å². The SMILES string of the molecule is NC1=N[C@H](c2cc(NC(=O)c3cc4cncnc4[nH]3)ccc2F)COC1. The van der Waals surface area contributed by atoms with Crippen LogP contribution in [0.5, 0.6) is 0 Å². The number of nitrogens with one attached hydrogen (secondary N) is 2. The first kappa shape index (κ1) is 16.2. The summed E-state index contributed by atoms with van der Waals surface area (Å²) in [5.41, 5.74) is 7.31. The molecule has 1 aliphatic heterocycles. The smallest absolute Gasteiger partial charge is 0.272 e. The van der Waals surface area contributed by atoms with E-state index in [1.54, 1.807) is 12.3 Å². The lowest BCUT2D eigenvalue weighted by Crippen LogP contribution is -2.27. The van der Waals surface area contributed by atoms with Crippen LogP contribution in [0.3, 0.4) is 0 Å². The number of amidine groups is 1. The molecule has 1 amide bonds. The highest BCUT2D eigenvalue weighted by Crippen LogP contribution is 2.26. The highest BCUT2D eigenvalue weighted by Gasteiger charge is 2.20. The molecule has 0 unspecified atom stereocenters. The second-order valence-electron chi connectivity index (χ2n) is 5.85. The summed E-state index contributed by atoms with van der Waals surface area (Å²) in [5.74, 6) is -0.492. The van der Waals surface area contributed by atoms with Crippen molar-refractivity contribution in [1.82, 2.24) is 15.0 Å². The number of H-pyrrole nitrogens is 1. The Balaban J connectivity index is 1.59. The van der Waals surface area contributed by atoms with Crippen LogP contribution in [0, 0.1) is 5.82 Å². The van der Waals surface area contributed by atoms with Gasteiger partial charge in [0.25, 0.3) is 5.91 Å². The number of nitrogens with two attached hydrogens (primary N) is 1. The number of aromatic amines is 1. The van der Waals surface area contributed by atoms with E-state index in [-0.39, 0.29) is 19.1 Å². The maximum atomic E-state index is 14.2. The molecular weight excluding hydrogens is 339 g/mol. The largest absolute Gasteiger partial charge is 0.386 e. The fraction of sp³-hybridized carbons (Fsp3) is 0.176. The van der Waals surface area contributed by atoms with E-state index in [0.29, 0.717) is 28.4 Å². The number of rotatable bonds is 3. The summed E-state index contributed by atoms with van der Waals surface area (Å²) in [6.07, 6.45) is 3.00. The van der Waals surface area contributed by atoms with Crippen LogP contribution in [0.25, 0.3) is 11.0 Å². The van der Waals surface area contributed by atoms with E-state index >= 15 is 0 Å². The zero-order valence-corrected chi connectivity index (χ0v) is 13.6. The van der Waals surface area contributed by atoms with Gasteiger partial charge in [0.1, 0.15) is 42.0 Å². The Morgan fingerprint density at radius 3 is 3.08 bits per heavy atom. The van der Waals surface area contributed by atoms with Gasteiger partial charge in [0.05, 0.1) is 6.61 Å². The molecule has 1 atom stereocenters. The zero-order chi connectivity index (χ0) is 18.1. The third-order valence-corrected chi connectivity index (χ3v) is 4.00. The van der Waals surface area contributed by atoms with Gasteiger partial charge in [-0.2, -0.15) is 0 Å². The number of amides is 1. The van der Waals surface area contributed by atoms with Gasteiger partial charge < -0.3 is 20.8 Å². The fourth-order valence-corrected chi connectivity index (χ4v) is 2.78. The van der Waals surface area contributed by atoms with Crippen LogP contribution in [-0.2, 0) is 4.74 Å². The first-order chi connectivity index (χ1) is 12.6. The minimum Gasteiger partial charge on any atom is -0.386 e. The Morgan fingerprint density at radius 1 is 1.38 bits per heavy atom. The molecule has 1 aliphatic rings. The molecule has 0 radical (unpaired) electrons. The van der Waals surface area contributed by atoms with Crippen molar-refractivity contribution in [2.75, 3.05) is 18.5 Å². The number of carbonyl (C=O) groups excluding carboxylic acids is 1. The number of aromatic nitrogens is 3. The molecule has 0 spiro atoms. The average Bonchev–Trinajstić information content (AvgIpc) is 3.08. The summed E-state index contributed by atoms with van der Waals surface area (Å²) in [5, 5.41) is 3.46. The van der Waals surface area contributed by atoms with E-state index < -0.39 is 11.9 Å². The summed E-state index contributed by atoms with van der Waals surface area (Å²) in [6, 6.07) is 5.41. The molecule has 2 aromatic heterocycles. The quantitative estimate of drug-likeness (QED) is 0.662. The van der Waals surface area contributed by atoms with Gasteiger partial charge in [0.15, 0.2) is 0 Å². The lowest BCUT2D eigenvalue weighted by Gasteiger charge is -2.20. The fourth-order valence-electron chi connectivity index (χ4n) is 2.78. The van der Waals surface area contributed by atoms with Crippen LogP contribution in [0.15, 0.2) is 41.8 Å². The summed E-state index contributed by atoms with van der Waals surface area (Å²) in [6.45, 7) is 0.466. The first-order valence-electron chi connectivity index (χ1n) is 7.89. The van der Waals surface area contributed by atoms with Gasteiger partial charge >= 0.3 is 0 Å². The topological polar surface area (TPSA) is 118 Å². The highest BCUT2D eigenvalue weighted by atomic mass is 19.1. The summed E-state index contributed by atoms with van der Waals surface area (Å²) in [4.78, 5) is 27.5. The first-order valence-corrected chi connectivity index (χ1v) is 7.89. The molecule has 4 rings (SSSR count). The van der Waals surface area contributed by atoms with E-state index in [1.807, 2.05) is 0 Å². The van der Waals surface area contributed by atoms with Crippen molar-refractivity contribution in [3.63, 3.8) is 0 Å². The Labute approximate surface area is 147 Å². The van der Waals surface area contributed by atoms with Gasteiger partial charge in [-0.1, -0.05) is 0 Å². The van der Waals surface area contributed by atoms with Crippen LogP contribution >= 0.6 is 0 Å². The number of hydrogen-bond donors (Lipinski definition) is 3. The van der Waals surface area contributed by atoms with Gasteiger partial charge in [-0.3, -0.25) is 9.79 Å². The van der Waals surface area contributed by atoms with Crippen LogP contribution in [0.2, 0.25) is 0 Å². The predicted molar refractivity (Wildman–Crippen MR) is 93.4 cm³/mol. The third kappa shape index (κ3) is 3.11. The molecule has 1 aromatic carbocycles. The maximum absolute atomic E-state index is 14.2. The second kappa shape index (κ2) is 6.52. The molecule has 3 heterocycles. The Kier molecular flexibility index (Phi) is 4.05. The summed E-state index contributed by atoms with van der Waals surface area (Å²) >= 11 is 0. The van der Waals surface area contributed by atoms with Crippen molar-refractivity contribution in [2.45, 2.75) is 6.04 Å². The molecule has 132 valence electrons. The maximum Gasteiger partial charge on any atom is 0.272 e. The number of benzene rings is 1. The van der Waals surface area contributed by atoms with Gasteiger partial charge in [-0.15, -0.1) is 0 Å². The molecule has 0 saturated carbocycles. The minimum atomic E-state index is -0.538. The Morgan fingerprint density at radius 2 is 2.27 bits per heavy atom. The van der Waals surface area contributed by atoms with Crippen LogP contribution < -0.4 is 11.1 Å². The molecule has 0 aliphatic carbocycles. The number of hydrogen-bond acceptors (Lipinski definition) is 6. The number of nitrogens with zero attached hydrogens (tertiary/aromatic N) is 3. The normalized spacial score (nSPS) is 17.1. The third-order valence-electron chi connectivity index (χ3n) is 4.00. The van der Waals surface area contributed by atoms with Gasteiger partial charge in [-0.25, -0.2) is 14.4 Å². The molecule has 8 nitrogen and oxygen atoms in total. The number of halogens is 1. The minimum absolute atomic E-state index is 0.232. The lowest BCUT2D eigenvalue weighted by atomic mass is 10.1. The Bertz CT molecular complexity index is 982. The molecule has 26 heavy (non-hydrogen) atoms. The van der Waals surface area contributed by atoms with Gasteiger partial charge in [-0.05, 0) is 24.3 Å². The molecule has 3 aromatic rings. The van der Waals surface area contributed by atoms with Crippen molar-refractivity contribution in [1.29, 1.82) is 0 Å². The van der Waals surface area contributed by atoms with E-state index in [0.717, 1.165) is 5.39 Å². The predicted octanol–water partition coefficient (Wildman–Crippen LogP) is 1.78. The molecular formula is C17H15FN6O2. The monoisotopic (exact) mass is 354 g/mol. The highest BCUT2D eigenvalue weighted by molar-refractivity contribution is 6.05. The number of carbonyl (C=O) groups is 1. The van der Waals surface area contributed by atoms with Gasteiger partial charge in [0, 0.05) is 22.8 Å². The number of anilines is 1. The molecule has 0 saturated heterocycles. The van der Waals surface area contributed by atoms with Crippen molar-refractivity contribution in [3.05, 3.63) is 53.9 Å². The molecule has 4 N–H and O–H groups in total. The molecule has 9 heteroatoms. The van der Waals surface area contributed by atoms with E-state index in [4.69, 9.17) is 10.5 Å². The molecule has 0 bridgehead atoms. The van der Waals surface area contributed by atoms with Crippen molar-refractivity contribution in [3.8, 4) is 0 Å². The van der Waals surface area contributed by atoms with Crippen LogP contribution in [0.4, 0.5) is 10.1 Å². The van der Waals surface area contributed by atoms with E-state index in [1.165, 1.54) is 24.5 Å². The zero-order valence-electron chi connectivity index (χ0n) is 13.6. The average molecular weight is 354 g/mol. The van der Waals surface area contributed by atoms with Crippen LogP contribution in [0.1, 0.15) is 22.1 Å². The standard InChI is InChI=1S/C17H15FN6O2/c18-12-2-1-10(4-11(12)14-6-26-7-15(19)23-14)22-17(25)13-3-9-5-20-8-21-16(9)24-13/h1-5,8,14H,6-7H2,(H2,19,23)(H,22,25)(H,20,21,24)/t14-/m0/s1. The number of fused-ring (bicyclic) bond motifs is 1. The van der Waals surface area contributed by atoms with Gasteiger partial charge in [0.2, 0.25) is 0 Å². The molecule has 0 fully saturated rings. The number of ether oxygens (including phenoxy) is 1. The Hall–Kier alpha value is -3.33. The lowest BCUT2D eigenvalue weighted by molar-refractivity contribution is 0.102. The second-order valence-corrected chi connectivity index (χ2v) is 5.85. The summed E-state index contributed by atoms with van der Waals surface area (Å²) < 4.78 is 19.5. The van der Waals surface area contributed by atoms with Crippen molar-refractivity contribution < 1.29 is 13.9 Å².